The molecule has 0 radical (unpaired) electrons. The van der Waals surface area contributed by atoms with Gasteiger partial charge in [-0.1, -0.05) is 19.9 Å². The van der Waals surface area contributed by atoms with Crippen LogP contribution in [0, 0.1) is 0 Å². The van der Waals surface area contributed by atoms with Gasteiger partial charge in [-0.15, -0.1) is 0 Å². The van der Waals surface area contributed by atoms with Gasteiger partial charge >= 0.3 is 6.03 Å². The van der Waals surface area contributed by atoms with Crippen molar-refractivity contribution in [1.82, 2.24) is 10.6 Å². The molecule has 24 heavy (non-hydrogen) atoms. The lowest BCUT2D eigenvalue weighted by atomic mass is 9.84. The van der Waals surface area contributed by atoms with Crippen molar-refractivity contribution < 1.29 is 19.0 Å². The number of hydrogen-bond acceptors (Lipinski definition) is 4. The van der Waals surface area contributed by atoms with Crippen molar-refractivity contribution >= 4 is 6.03 Å². The van der Waals surface area contributed by atoms with E-state index in [4.69, 9.17) is 14.2 Å². The SMILES string of the molecule is COc1ccc(C(C)(C)CNC(=O)NCC2CCCO2)cc1OC. The number of nitrogens with one attached hydrogen (secondary N) is 2. The Morgan fingerprint density at radius 3 is 2.62 bits per heavy atom. The van der Waals surface area contributed by atoms with Crippen LogP contribution in [0.2, 0.25) is 0 Å². The first-order valence-corrected chi connectivity index (χ1v) is 8.32. The summed E-state index contributed by atoms with van der Waals surface area (Å²) >= 11 is 0. The number of methoxy groups -OCH3 is 2. The molecule has 0 bridgehead atoms. The van der Waals surface area contributed by atoms with Crippen molar-refractivity contribution in [2.75, 3.05) is 33.9 Å². The molecule has 1 aliphatic rings. The predicted molar refractivity (Wildman–Crippen MR) is 92.9 cm³/mol. The average Bonchev–Trinajstić information content (AvgIpc) is 3.11. The van der Waals surface area contributed by atoms with Gasteiger partial charge in [-0.2, -0.15) is 0 Å². The van der Waals surface area contributed by atoms with Crippen molar-refractivity contribution in [3.63, 3.8) is 0 Å². The van der Waals surface area contributed by atoms with E-state index in [0.717, 1.165) is 25.0 Å². The Morgan fingerprint density at radius 2 is 2.00 bits per heavy atom. The summed E-state index contributed by atoms with van der Waals surface area (Å²) in [5.74, 6) is 1.38. The Kier molecular flexibility index (Phi) is 6.31. The Hall–Kier alpha value is -1.95. The van der Waals surface area contributed by atoms with Crippen LogP contribution in [0.15, 0.2) is 18.2 Å². The lowest BCUT2D eigenvalue weighted by Gasteiger charge is -2.26. The van der Waals surface area contributed by atoms with Gasteiger partial charge in [0.05, 0.1) is 20.3 Å². The molecule has 0 aromatic heterocycles. The minimum absolute atomic E-state index is 0.148. The number of carbonyl (C=O) groups is 1. The van der Waals surface area contributed by atoms with Crippen LogP contribution in [-0.4, -0.2) is 46.1 Å². The molecule has 0 spiro atoms. The minimum atomic E-state index is -0.235. The molecule has 1 aromatic carbocycles. The van der Waals surface area contributed by atoms with Gasteiger partial charge in [0.15, 0.2) is 11.5 Å². The van der Waals surface area contributed by atoms with Crippen LogP contribution in [0.1, 0.15) is 32.3 Å². The van der Waals surface area contributed by atoms with Crippen molar-refractivity contribution in [3.05, 3.63) is 23.8 Å². The third kappa shape index (κ3) is 4.77. The van der Waals surface area contributed by atoms with Crippen LogP contribution in [0.4, 0.5) is 4.79 Å². The van der Waals surface area contributed by atoms with E-state index in [-0.39, 0.29) is 17.6 Å². The fraction of sp³-hybridized carbons (Fsp3) is 0.611. The summed E-state index contributed by atoms with van der Waals surface area (Å²) in [5.41, 5.74) is 0.834. The molecule has 0 saturated carbocycles. The molecule has 134 valence electrons. The third-order valence-electron chi connectivity index (χ3n) is 4.37. The number of urea groups is 1. The lowest BCUT2D eigenvalue weighted by molar-refractivity contribution is 0.111. The molecular weight excluding hydrogens is 308 g/mol. The first-order chi connectivity index (χ1) is 11.5. The van der Waals surface area contributed by atoms with Crippen LogP contribution in [-0.2, 0) is 10.2 Å². The molecule has 6 heteroatoms. The van der Waals surface area contributed by atoms with E-state index < -0.39 is 0 Å². The maximum absolute atomic E-state index is 12.0. The zero-order valence-electron chi connectivity index (χ0n) is 15.0. The predicted octanol–water partition coefficient (Wildman–Crippen LogP) is 2.46. The summed E-state index contributed by atoms with van der Waals surface area (Å²) < 4.78 is 16.1. The largest absolute Gasteiger partial charge is 0.493 e. The fourth-order valence-electron chi connectivity index (χ4n) is 2.73. The van der Waals surface area contributed by atoms with Crippen molar-refractivity contribution in [3.8, 4) is 11.5 Å². The Balaban J connectivity index is 1.88. The van der Waals surface area contributed by atoms with Gasteiger partial charge in [0.25, 0.3) is 0 Å². The van der Waals surface area contributed by atoms with E-state index in [2.05, 4.69) is 24.5 Å². The van der Waals surface area contributed by atoms with E-state index in [1.165, 1.54) is 0 Å². The quantitative estimate of drug-likeness (QED) is 0.802. The van der Waals surface area contributed by atoms with Gasteiger partial charge in [-0.05, 0) is 30.5 Å². The number of carbonyl (C=O) groups excluding carboxylic acids is 1. The molecule has 1 fully saturated rings. The Labute approximate surface area is 143 Å². The van der Waals surface area contributed by atoms with Crippen LogP contribution in [0.5, 0.6) is 11.5 Å². The van der Waals surface area contributed by atoms with Crippen LogP contribution >= 0.6 is 0 Å². The van der Waals surface area contributed by atoms with Gasteiger partial charge in [-0.25, -0.2) is 4.79 Å². The molecule has 1 aromatic rings. The number of benzene rings is 1. The van der Waals surface area contributed by atoms with E-state index in [1.807, 2.05) is 18.2 Å². The molecule has 6 nitrogen and oxygen atoms in total. The zero-order valence-corrected chi connectivity index (χ0v) is 15.0. The molecule has 2 N–H and O–H groups in total. The molecule has 1 atom stereocenters. The zero-order chi connectivity index (χ0) is 17.6. The molecule has 1 aliphatic heterocycles. The summed E-state index contributed by atoms with van der Waals surface area (Å²) in [7, 11) is 3.23. The second-order valence-electron chi connectivity index (χ2n) is 6.65. The summed E-state index contributed by atoms with van der Waals surface area (Å²) in [6.45, 7) is 6.02. The van der Waals surface area contributed by atoms with E-state index in [9.17, 15) is 4.79 Å². The molecule has 0 aliphatic carbocycles. The highest BCUT2D eigenvalue weighted by Gasteiger charge is 2.23. The normalized spacial score (nSPS) is 17.4. The van der Waals surface area contributed by atoms with Gasteiger partial charge in [0.2, 0.25) is 0 Å². The summed E-state index contributed by atoms with van der Waals surface area (Å²) in [5, 5.41) is 5.80. The Bertz CT molecular complexity index is 554. The molecule has 2 amide bonds. The number of hydrogen-bond donors (Lipinski definition) is 2. The van der Waals surface area contributed by atoms with Crippen LogP contribution in [0.25, 0.3) is 0 Å². The maximum atomic E-state index is 12.0. The first kappa shape index (κ1) is 18.4. The highest BCUT2D eigenvalue weighted by atomic mass is 16.5. The average molecular weight is 336 g/mol. The van der Waals surface area contributed by atoms with Crippen LogP contribution < -0.4 is 20.1 Å². The van der Waals surface area contributed by atoms with Gasteiger partial charge < -0.3 is 24.8 Å². The topological polar surface area (TPSA) is 68.8 Å². The summed E-state index contributed by atoms with van der Waals surface area (Å²) in [4.78, 5) is 12.0. The molecular formula is C18H28N2O4. The third-order valence-corrected chi connectivity index (χ3v) is 4.37. The standard InChI is InChI=1S/C18H28N2O4/c1-18(2,13-7-8-15(22-3)16(10-13)23-4)12-20-17(21)19-11-14-6-5-9-24-14/h7-8,10,14H,5-6,9,11-12H2,1-4H3,(H2,19,20,21). The minimum Gasteiger partial charge on any atom is -0.493 e. The first-order valence-electron chi connectivity index (χ1n) is 8.32. The Morgan fingerprint density at radius 1 is 1.25 bits per heavy atom. The van der Waals surface area contributed by atoms with Crippen molar-refractivity contribution in [1.29, 1.82) is 0 Å². The molecule has 2 rings (SSSR count). The second-order valence-corrected chi connectivity index (χ2v) is 6.65. The smallest absolute Gasteiger partial charge is 0.314 e. The van der Waals surface area contributed by atoms with E-state index >= 15 is 0 Å². The number of rotatable bonds is 7. The lowest BCUT2D eigenvalue weighted by Crippen LogP contribution is -2.44. The van der Waals surface area contributed by atoms with Crippen molar-refractivity contribution in [2.45, 2.75) is 38.2 Å². The summed E-state index contributed by atoms with van der Waals surface area (Å²) in [6.07, 6.45) is 2.23. The highest BCUT2D eigenvalue weighted by Crippen LogP contribution is 2.32. The van der Waals surface area contributed by atoms with E-state index in [1.54, 1.807) is 14.2 Å². The second kappa shape index (κ2) is 8.24. The molecule has 1 saturated heterocycles. The molecule has 1 unspecified atom stereocenters. The monoisotopic (exact) mass is 336 g/mol. The highest BCUT2D eigenvalue weighted by molar-refractivity contribution is 5.74. The van der Waals surface area contributed by atoms with Gasteiger partial charge in [0.1, 0.15) is 0 Å². The fourth-order valence-corrected chi connectivity index (χ4v) is 2.73. The number of ether oxygens (including phenoxy) is 3. The van der Waals surface area contributed by atoms with Gasteiger partial charge in [0, 0.05) is 25.1 Å². The van der Waals surface area contributed by atoms with Gasteiger partial charge in [-0.3, -0.25) is 0 Å². The number of amides is 2. The summed E-state index contributed by atoms with van der Waals surface area (Å²) in [6, 6.07) is 5.66. The molecule has 1 heterocycles. The van der Waals surface area contributed by atoms with E-state index in [0.29, 0.717) is 24.6 Å². The maximum Gasteiger partial charge on any atom is 0.314 e. The van der Waals surface area contributed by atoms with Crippen LogP contribution in [0.3, 0.4) is 0 Å². The van der Waals surface area contributed by atoms with Crippen molar-refractivity contribution in [2.24, 2.45) is 0 Å².